The van der Waals surface area contributed by atoms with Crippen molar-refractivity contribution in [3.05, 3.63) is 0 Å². The molecule has 0 spiro atoms. The third-order valence-corrected chi connectivity index (χ3v) is 8.50. The standard InChI is InChI=1S/C18H30F3N3O5S/c1-29-13-5-6-15(17(25)26)16(8-13)23-30(27,28)14-9-22-24(10-14)12-4-2-3-11(7-12)18(19,20)21/h11-16,22-23H,2-10H2,1H3,(H,25,26). The first-order valence-corrected chi connectivity index (χ1v) is 11.9. The number of nitrogens with zero attached hydrogens (tertiary/aromatic N) is 1. The van der Waals surface area contributed by atoms with E-state index in [2.05, 4.69) is 10.1 Å². The molecule has 6 atom stereocenters. The van der Waals surface area contributed by atoms with Crippen LogP contribution in [-0.2, 0) is 19.6 Å². The molecule has 1 heterocycles. The highest BCUT2D eigenvalue weighted by atomic mass is 32.2. The number of alkyl halides is 3. The smallest absolute Gasteiger partial charge is 0.391 e. The maximum Gasteiger partial charge on any atom is 0.391 e. The summed E-state index contributed by atoms with van der Waals surface area (Å²) in [6.07, 6.45) is -2.23. The van der Waals surface area contributed by atoms with Crippen LogP contribution >= 0.6 is 0 Å². The highest BCUT2D eigenvalue weighted by molar-refractivity contribution is 7.90. The highest BCUT2D eigenvalue weighted by Gasteiger charge is 2.46. The van der Waals surface area contributed by atoms with E-state index in [1.54, 1.807) is 5.01 Å². The number of aliphatic carboxylic acids is 1. The van der Waals surface area contributed by atoms with Crippen molar-refractivity contribution in [2.75, 3.05) is 20.2 Å². The van der Waals surface area contributed by atoms with Gasteiger partial charge in [-0.05, 0) is 38.5 Å². The van der Waals surface area contributed by atoms with E-state index in [4.69, 9.17) is 4.74 Å². The number of halogens is 3. The summed E-state index contributed by atoms with van der Waals surface area (Å²) in [5, 5.41) is 10.2. The van der Waals surface area contributed by atoms with Crippen molar-refractivity contribution in [1.82, 2.24) is 15.2 Å². The number of ether oxygens (including phenoxy) is 1. The lowest BCUT2D eigenvalue weighted by Gasteiger charge is -2.36. The second-order valence-electron chi connectivity index (χ2n) is 8.58. The Hall–Kier alpha value is -0.950. The van der Waals surface area contributed by atoms with Gasteiger partial charge in [-0.1, -0.05) is 6.42 Å². The molecule has 3 N–H and O–H groups in total. The number of carboxylic acid groups (broad SMARTS) is 1. The van der Waals surface area contributed by atoms with Crippen molar-refractivity contribution in [2.24, 2.45) is 11.8 Å². The van der Waals surface area contributed by atoms with Crippen molar-refractivity contribution in [1.29, 1.82) is 0 Å². The van der Waals surface area contributed by atoms with Gasteiger partial charge in [0, 0.05) is 32.3 Å². The molecule has 3 aliphatic rings. The zero-order valence-electron chi connectivity index (χ0n) is 16.9. The summed E-state index contributed by atoms with van der Waals surface area (Å²) in [5.41, 5.74) is 2.95. The van der Waals surface area contributed by atoms with E-state index in [0.29, 0.717) is 25.7 Å². The Morgan fingerprint density at radius 2 is 1.93 bits per heavy atom. The Bertz CT molecular complexity index is 720. The van der Waals surface area contributed by atoms with Gasteiger partial charge in [-0.15, -0.1) is 0 Å². The number of carbonyl (C=O) groups is 1. The van der Waals surface area contributed by atoms with E-state index < -0.39 is 45.3 Å². The predicted molar refractivity (Wildman–Crippen MR) is 102 cm³/mol. The van der Waals surface area contributed by atoms with Crippen molar-refractivity contribution in [3.63, 3.8) is 0 Å². The Morgan fingerprint density at radius 1 is 1.20 bits per heavy atom. The van der Waals surface area contributed by atoms with Crippen LogP contribution in [0.1, 0.15) is 44.9 Å². The largest absolute Gasteiger partial charge is 0.481 e. The zero-order valence-corrected chi connectivity index (χ0v) is 17.7. The average Bonchev–Trinajstić information content (AvgIpc) is 3.18. The van der Waals surface area contributed by atoms with E-state index in [1.807, 2.05) is 0 Å². The fourth-order valence-corrected chi connectivity index (χ4v) is 6.40. The number of carboxylic acids is 1. The molecule has 1 aliphatic heterocycles. The summed E-state index contributed by atoms with van der Waals surface area (Å²) in [7, 11) is -2.36. The summed E-state index contributed by atoms with van der Waals surface area (Å²) in [6.45, 7) is 0.156. The number of nitrogens with one attached hydrogen (secondary N) is 2. The van der Waals surface area contributed by atoms with Gasteiger partial charge < -0.3 is 9.84 Å². The molecule has 0 aromatic carbocycles. The molecule has 30 heavy (non-hydrogen) atoms. The third-order valence-electron chi connectivity index (χ3n) is 6.68. The molecular weight excluding hydrogens is 427 g/mol. The molecule has 8 nitrogen and oxygen atoms in total. The normalized spacial score (nSPS) is 36.7. The van der Waals surface area contributed by atoms with Gasteiger partial charge in [-0.2, -0.15) is 13.2 Å². The summed E-state index contributed by atoms with van der Waals surface area (Å²) < 4.78 is 72.9. The predicted octanol–water partition coefficient (Wildman–Crippen LogP) is 1.48. The number of methoxy groups -OCH3 is 1. The maximum absolute atomic E-state index is 13.1. The number of hydrogen-bond acceptors (Lipinski definition) is 6. The molecule has 2 aliphatic carbocycles. The van der Waals surface area contributed by atoms with Crippen LogP contribution in [0.15, 0.2) is 0 Å². The molecule has 2 saturated carbocycles. The molecule has 0 aromatic heterocycles. The topological polar surface area (TPSA) is 108 Å². The summed E-state index contributed by atoms with van der Waals surface area (Å²) in [5.74, 6) is -3.25. The number of hydrazine groups is 1. The van der Waals surface area contributed by atoms with Gasteiger partial charge in [0.15, 0.2) is 0 Å². The molecule has 0 aromatic rings. The van der Waals surface area contributed by atoms with Crippen LogP contribution in [0.4, 0.5) is 13.2 Å². The van der Waals surface area contributed by atoms with E-state index in [-0.39, 0.29) is 44.5 Å². The van der Waals surface area contributed by atoms with E-state index in [1.165, 1.54) is 7.11 Å². The fraction of sp³-hybridized carbons (Fsp3) is 0.944. The molecule has 3 fully saturated rings. The van der Waals surface area contributed by atoms with Gasteiger partial charge >= 0.3 is 12.1 Å². The lowest BCUT2D eigenvalue weighted by atomic mass is 9.83. The van der Waals surface area contributed by atoms with Crippen LogP contribution in [0.5, 0.6) is 0 Å². The minimum absolute atomic E-state index is 0.0457. The van der Waals surface area contributed by atoms with Crippen LogP contribution in [0.3, 0.4) is 0 Å². The second-order valence-corrected chi connectivity index (χ2v) is 10.6. The van der Waals surface area contributed by atoms with Gasteiger partial charge in [-0.25, -0.2) is 18.1 Å². The van der Waals surface area contributed by atoms with Gasteiger partial charge in [0.2, 0.25) is 10.0 Å². The molecule has 0 radical (unpaired) electrons. The maximum atomic E-state index is 13.1. The quantitative estimate of drug-likeness (QED) is 0.555. The second kappa shape index (κ2) is 9.27. The van der Waals surface area contributed by atoms with Crippen LogP contribution in [-0.4, -0.2) is 74.3 Å². The third kappa shape index (κ3) is 5.45. The summed E-state index contributed by atoms with van der Waals surface area (Å²) in [4.78, 5) is 11.5. The van der Waals surface area contributed by atoms with Gasteiger partial charge in [0.1, 0.15) is 5.25 Å². The van der Waals surface area contributed by atoms with E-state index in [0.717, 1.165) is 0 Å². The summed E-state index contributed by atoms with van der Waals surface area (Å²) >= 11 is 0. The lowest BCUT2D eigenvalue weighted by Crippen LogP contribution is -2.51. The SMILES string of the molecule is COC1CCC(C(=O)O)C(NS(=O)(=O)C2CNN(C3CCCC(C(F)(F)F)C3)C2)C1. The first-order chi connectivity index (χ1) is 14.0. The lowest BCUT2D eigenvalue weighted by molar-refractivity contribution is -0.187. The fourth-order valence-electron chi connectivity index (χ4n) is 4.88. The van der Waals surface area contributed by atoms with E-state index in [9.17, 15) is 31.5 Å². The minimum Gasteiger partial charge on any atom is -0.481 e. The number of sulfonamides is 1. The Labute approximate surface area is 174 Å². The van der Waals surface area contributed by atoms with Crippen molar-refractivity contribution in [3.8, 4) is 0 Å². The van der Waals surface area contributed by atoms with Crippen molar-refractivity contribution >= 4 is 16.0 Å². The molecule has 0 amide bonds. The molecule has 1 saturated heterocycles. The van der Waals surface area contributed by atoms with Crippen molar-refractivity contribution in [2.45, 2.75) is 74.6 Å². The molecule has 174 valence electrons. The zero-order chi connectivity index (χ0) is 22.1. The molecular formula is C18H30F3N3O5S. The average molecular weight is 458 g/mol. The highest BCUT2D eigenvalue weighted by Crippen LogP contribution is 2.39. The van der Waals surface area contributed by atoms with Crippen LogP contribution in [0, 0.1) is 11.8 Å². The Kier molecular flexibility index (Phi) is 7.33. The first kappa shape index (κ1) is 23.7. The minimum atomic E-state index is -4.24. The molecule has 0 bridgehead atoms. The van der Waals surface area contributed by atoms with Crippen LogP contribution in [0.25, 0.3) is 0 Å². The first-order valence-electron chi connectivity index (χ1n) is 10.3. The monoisotopic (exact) mass is 457 g/mol. The van der Waals surface area contributed by atoms with Crippen molar-refractivity contribution < 1.29 is 36.2 Å². The van der Waals surface area contributed by atoms with Gasteiger partial charge in [0.25, 0.3) is 0 Å². The Morgan fingerprint density at radius 3 is 2.57 bits per heavy atom. The molecule has 6 unspecified atom stereocenters. The molecule has 12 heteroatoms. The summed E-state index contributed by atoms with van der Waals surface area (Å²) in [6, 6.07) is -1.14. The van der Waals surface area contributed by atoms with E-state index >= 15 is 0 Å². The van der Waals surface area contributed by atoms with Crippen LogP contribution in [0.2, 0.25) is 0 Å². The molecule has 3 rings (SSSR count). The van der Waals surface area contributed by atoms with Gasteiger partial charge in [-0.3, -0.25) is 10.2 Å². The Balaban J connectivity index is 1.62. The number of hydrogen-bond donors (Lipinski definition) is 3. The number of rotatable bonds is 6. The van der Waals surface area contributed by atoms with Gasteiger partial charge in [0.05, 0.1) is 17.9 Å². The van der Waals surface area contributed by atoms with Crippen LogP contribution < -0.4 is 10.1 Å².